The number of ether oxygens (including phenoxy) is 1. The van der Waals surface area contributed by atoms with E-state index < -0.39 is 17.1 Å². The van der Waals surface area contributed by atoms with E-state index in [-0.39, 0.29) is 17.2 Å². The molecule has 6 nitrogen and oxygen atoms in total. The molecule has 2 aromatic carbocycles. The fraction of sp³-hybridized carbons (Fsp3) is 0.100. The lowest BCUT2D eigenvalue weighted by Crippen LogP contribution is -2.33. The highest BCUT2D eigenvalue weighted by molar-refractivity contribution is 9.10. The van der Waals surface area contributed by atoms with Crippen molar-refractivity contribution in [3.8, 4) is 0 Å². The van der Waals surface area contributed by atoms with Crippen molar-refractivity contribution >= 4 is 56.7 Å². The van der Waals surface area contributed by atoms with Crippen LogP contribution in [-0.4, -0.2) is 41.5 Å². The van der Waals surface area contributed by atoms with Crippen LogP contribution in [0.25, 0.3) is 6.08 Å². The molecular weight excluding hydrogens is 446 g/mol. The summed E-state index contributed by atoms with van der Waals surface area (Å²) in [5, 5.41) is -0.493. The first-order valence-electron chi connectivity index (χ1n) is 8.11. The predicted octanol–water partition coefficient (Wildman–Crippen LogP) is 4.15. The summed E-state index contributed by atoms with van der Waals surface area (Å²) in [7, 11) is 1.29. The zero-order valence-corrected chi connectivity index (χ0v) is 17.1. The number of benzene rings is 2. The Balaban J connectivity index is 1.74. The predicted molar refractivity (Wildman–Crippen MR) is 109 cm³/mol. The van der Waals surface area contributed by atoms with Crippen LogP contribution in [0.5, 0.6) is 0 Å². The summed E-state index contributed by atoms with van der Waals surface area (Å²) in [6.45, 7) is -0.315. The molecule has 28 heavy (non-hydrogen) atoms. The van der Waals surface area contributed by atoms with E-state index in [0.717, 1.165) is 21.1 Å². The van der Waals surface area contributed by atoms with Crippen LogP contribution in [0.3, 0.4) is 0 Å². The lowest BCUT2D eigenvalue weighted by molar-refractivity contribution is -0.122. The maximum Gasteiger partial charge on any atom is 0.337 e. The van der Waals surface area contributed by atoms with E-state index in [1.54, 1.807) is 54.6 Å². The van der Waals surface area contributed by atoms with Crippen molar-refractivity contribution in [2.45, 2.75) is 0 Å². The number of imide groups is 1. The second-order valence-electron chi connectivity index (χ2n) is 5.81. The Morgan fingerprint density at radius 3 is 2.25 bits per heavy atom. The Kier molecular flexibility index (Phi) is 6.11. The van der Waals surface area contributed by atoms with Crippen LogP contribution in [0.4, 0.5) is 4.79 Å². The fourth-order valence-corrected chi connectivity index (χ4v) is 3.59. The Bertz CT molecular complexity index is 983. The van der Waals surface area contributed by atoms with E-state index in [4.69, 9.17) is 0 Å². The van der Waals surface area contributed by atoms with Gasteiger partial charge >= 0.3 is 5.97 Å². The molecule has 0 bridgehead atoms. The number of hydrogen-bond acceptors (Lipinski definition) is 6. The van der Waals surface area contributed by atoms with Crippen molar-refractivity contribution in [1.82, 2.24) is 4.90 Å². The third-order valence-electron chi connectivity index (χ3n) is 3.97. The molecule has 0 radical (unpaired) electrons. The Hall–Kier alpha value is -2.71. The molecule has 8 heteroatoms. The molecule has 1 fully saturated rings. The summed E-state index contributed by atoms with van der Waals surface area (Å²) in [5.41, 5.74) is 1.45. The maximum atomic E-state index is 12.5. The lowest BCUT2D eigenvalue weighted by atomic mass is 10.1. The molecule has 1 aliphatic heterocycles. The fourth-order valence-electron chi connectivity index (χ4n) is 2.49. The normalized spacial score (nSPS) is 15.2. The monoisotopic (exact) mass is 459 g/mol. The van der Waals surface area contributed by atoms with Gasteiger partial charge in [0.05, 0.1) is 24.1 Å². The third-order valence-corrected chi connectivity index (χ3v) is 5.41. The summed E-state index contributed by atoms with van der Waals surface area (Å²) in [4.78, 5) is 49.7. The molecule has 0 aliphatic carbocycles. The average molecular weight is 460 g/mol. The standard InChI is InChI=1S/C20H14BrNO5S/c1-27-19(25)14-4-2-12(3-5-14)10-17-18(24)22(20(26)28-17)11-16(23)13-6-8-15(21)9-7-13/h2-10H,11H2,1H3/b17-10+. The number of hydrogen-bond donors (Lipinski definition) is 0. The second-order valence-corrected chi connectivity index (χ2v) is 7.72. The SMILES string of the molecule is COC(=O)c1ccc(/C=C2/SC(=O)N(CC(=O)c3ccc(Br)cc3)C2=O)cc1. The minimum Gasteiger partial charge on any atom is -0.465 e. The van der Waals surface area contributed by atoms with Crippen LogP contribution >= 0.6 is 27.7 Å². The molecule has 0 saturated carbocycles. The number of rotatable bonds is 5. The van der Waals surface area contributed by atoms with Gasteiger partial charge in [0.1, 0.15) is 0 Å². The number of esters is 1. The topological polar surface area (TPSA) is 80.8 Å². The molecular formula is C20H14BrNO5S. The Labute approximate surface area is 173 Å². The van der Waals surface area contributed by atoms with Gasteiger partial charge in [-0.1, -0.05) is 40.2 Å². The van der Waals surface area contributed by atoms with Gasteiger partial charge in [-0.2, -0.15) is 0 Å². The van der Waals surface area contributed by atoms with Gasteiger partial charge in [-0.3, -0.25) is 19.3 Å². The molecule has 0 aromatic heterocycles. The molecule has 3 rings (SSSR count). The quantitative estimate of drug-likeness (QED) is 0.379. The van der Waals surface area contributed by atoms with E-state index in [1.165, 1.54) is 7.11 Å². The number of carbonyl (C=O) groups excluding carboxylic acids is 4. The largest absolute Gasteiger partial charge is 0.465 e. The molecule has 0 N–H and O–H groups in total. The molecule has 0 unspecified atom stereocenters. The number of thioether (sulfide) groups is 1. The van der Waals surface area contributed by atoms with Crippen LogP contribution in [0.1, 0.15) is 26.3 Å². The molecule has 0 spiro atoms. The summed E-state index contributed by atoms with van der Waals surface area (Å²) in [6, 6.07) is 13.1. The van der Waals surface area contributed by atoms with Crippen LogP contribution < -0.4 is 0 Å². The molecule has 0 atom stereocenters. The molecule has 1 aliphatic rings. The highest BCUT2D eigenvalue weighted by atomic mass is 79.9. The van der Waals surface area contributed by atoms with E-state index in [1.807, 2.05) is 0 Å². The van der Waals surface area contributed by atoms with Gasteiger partial charge in [0.25, 0.3) is 11.1 Å². The van der Waals surface area contributed by atoms with Gasteiger partial charge in [0, 0.05) is 10.0 Å². The molecule has 2 aromatic rings. The van der Waals surface area contributed by atoms with E-state index in [0.29, 0.717) is 16.7 Å². The summed E-state index contributed by atoms with van der Waals surface area (Å²) < 4.78 is 5.47. The average Bonchev–Trinajstić information content (AvgIpc) is 2.95. The molecule has 1 saturated heterocycles. The van der Waals surface area contributed by atoms with Crippen molar-refractivity contribution < 1.29 is 23.9 Å². The zero-order chi connectivity index (χ0) is 20.3. The van der Waals surface area contributed by atoms with Gasteiger partial charge in [-0.05, 0) is 47.7 Å². The lowest BCUT2D eigenvalue weighted by Gasteiger charge is -2.11. The minimum atomic E-state index is -0.516. The first-order valence-corrected chi connectivity index (χ1v) is 9.72. The number of Topliss-reactive ketones (excluding diaryl/α,β-unsaturated/α-hetero) is 1. The van der Waals surface area contributed by atoms with Gasteiger partial charge < -0.3 is 4.74 Å². The van der Waals surface area contributed by atoms with Crippen LogP contribution in [0.2, 0.25) is 0 Å². The van der Waals surface area contributed by atoms with Gasteiger partial charge in [-0.15, -0.1) is 0 Å². The Morgan fingerprint density at radius 1 is 1.04 bits per heavy atom. The van der Waals surface area contributed by atoms with Crippen molar-refractivity contribution in [3.05, 3.63) is 74.6 Å². The van der Waals surface area contributed by atoms with Crippen molar-refractivity contribution in [1.29, 1.82) is 0 Å². The molecule has 1 heterocycles. The van der Waals surface area contributed by atoms with Crippen LogP contribution in [0.15, 0.2) is 57.9 Å². The first kappa shape index (κ1) is 20.0. The number of halogens is 1. The highest BCUT2D eigenvalue weighted by Crippen LogP contribution is 2.32. The van der Waals surface area contributed by atoms with Crippen molar-refractivity contribution in [3.63, 3.8) is 0 Å². The second kappa shape index (κ2) is 8.53. The van der Waals surface area contributed by atoms with Gasteiger partial charge in [0.15, 0.2) is 5.78 Å². The van der Waals surface area contributed by atoms with Crippen molar-refractivity contribution in [2.75, 3.05) is 13.7 Å². The van der Waals surface area contributed by atoms with Crippen LogP contribution in [0, 0.1) is 0 Å². The summed E-state index contributed by atoms with van der Waals surface area (Å²) in [5.74, 6) is -1.30. The summed E-state index contributed by atoms with van der Waals surface area (Å²) >= 11 is 4.07. The number of ketones is 1. The van der Waals surface area contributed by atoms with E-state index in [9.17, 15) is 19.2 Å². The number of carbonyl (C=O) groups is 4. The number of nitrogens with zero attached hydrogens (tertiary/aromatic N) is 1. The maximum absolute atomic E-state index is 12.5. The first-order chi connectivity index (χ1) is 13.4. The Morgan fingerprint density at radius 2 is 1.64 bits per heavy atom. The van der Waals surface area contributed by atoms with Crippen LogP contribution in [-0.2, 0) is 9.53 Å². The smallest absolute Gasteiger partial charge is 0.337 e. The molecule has 2 amide bonds. The summed E-state index contributed by atoms with van der Waals surface area (Å²) in [6.07, 6.45) is 1.55. The number of amides is 2. The van der Waals surface area contributed by atoms with Gasteiger partial charge in [0.2, 0.25) is 0 Å². The molecule has 142 valence electrons. The van der Waals surface area contributed by atoms with E-state index >= 15 is 0 Å². The van der Waals surface area contributed by atoms with E-state index in [2.05, 4.69) is 20.7 Å². The van der Waals surface area contributed by atoms with Gasteiger partial charge in [-0.25, -0.2) is 4.79 Å². The third kappa shape index (κ3) is 4.40. The zero-order valence-electron chi connectivity index (χ0n) is 14.7. The highest BCUT2D eigenvalue weighted by Gasteiger charge is 2.36. The minimum absolute atomic E-state index is 0.222. The number of methoxy groups -OCH3 is 1. The van der Waals surface area contributed by atoms with Crippen molar-refractivity contribution in [2.24, 2.45) is 0 Å².